The van der Waals surface area contributed by atoms with E-state index in [-0.39, 0.29) is 12.2 Å². The van der Waals surface area contributed by atoms with E-state index >= 15 is 0 Å². The minimum Gasteiger partial charge on any atom is -0.393 e. The number of aliphatic hydroxyl groups is 2. The van der Waals surface area contributed by atoms with Gasteiger partial charge in [-0.3, -0.25) is 0 Å². The molecule has 6 atom stereocenters. The molecule has 0 aromatic rings. The van der Waals surface area contributed by atoms with Crippen LogP contribution >= 0.6 is 0 Å². The first-order chi connectivity index (χ1) is 14.2. The molecular weight excluding hydrogens is 356 g/mol. The number of hydrogen-bond donors (Lipinski definition) is 2. The summed E-state index contributed by atoms with van der Waals surface area (Å²) in [5, 5.41) is 21.2. The molecule has 0 aromatic carbocycles. The van der Waals surface area contributed by atoms with Crippen LogP contribution in [0, 0.1) is 23.7 Å². The number of aliphatic hydroxyl groups excluding tert-OH is 2. The summed E-state index contributed by atoms with van der Waals surface area (Å²) in [5.41, 5.74) is 3.21. The molecule has 164 valence electrons. The third kappa shape index (κ3) is 5.76. The van der Waals surface area contributed by atoms with Gasteiger partial charge in [0.25, 0.3) is 0 Å². The molecule has 3 fully saturated rings. The van der Waals surface area contributed by atoms with E-state index in [1.54, 1.807) is 11.1 Å². The molecule has 0 amide bonds. The summed E-state index contributed by atoms with van der Waals surface area (Å²) in [6, 6.07) is 0. The molecule has 4 aliphatic carbocycles. The lowest BCUT2D eigenvalue weighted by Crippen LogP contribution is -2.33. The topological polar surface area (TPSA) is 40.5 Å². The highest BCUT2D eigenvalue weighted by Crippen LogP contribution is 2.44. The van der Waals surface area contributed by atoms with E-state index in [9.17, 15) is 10.2 Å². The van der Waals surface area contributed by atoms with Crippen LogP contribution in [0.2, 0.25) is 0 Å². The van der Waals surface area contributed by atoms with Crippen molar-refractivity contribution >= 4 is 0 Å². The van der Waals surface area contributed by atoms with Crippen LogP contribution in [0.4, 0.5) is 0 Å². The molecule has 0 aromatic heterocycles. The maximum Gasteiger partial charge on any atom is 0.0568 e. The van der Waals surface area contributed by atoms with Crippen LogP contribution in [0.25, 0.3) is 0 Å². The number of unbranched alkanes of at least 4 members (excludes halogenated alkanes) is 1. The number of fused-ring (bicyclic) bond motifs is 2. The molecule has 2 heteroatoms. The van der Waals surface area contributed by atoms with Crippen molar-refractivity contribution < 1.29 is 10.2 Å². The van der Waals surface area contributed by atoms with Crippen LogP contribution < -0.4 is 0 Å². The summed E-state index contributed by atoms with van der Waals surface area (Å²) in [5.74, 6) is 3.12. The fraction of sp³-hybridized carbons (Fsp3) is 0.852. The van der Waals surface area contributed by atoms with Gasteiger partial charge in [0.2, 0.25) is 0 Å². The van der Waals surface area contributed by atoms with E-state index in [2.05, 4.69) is 12.2 Å². The SMILES string of the molecule is OC(CCCCC(O)C1CCC2CCCCC2C1)CCC1CCCC2=CCC=C21. The second-order valence-electron chi connectivity index (χ2n) is 10.7. The van der Waals surface area contributed by atoms with E-state index in [0.29, 0.717) is 11.8 Å². The summed E-state index contributed by atoms with van der Waals surface area (Å²) >= 11 is 0. The lowest BCUT2D eigenvalue weighted by atomic mass is 9.66. The summed E-state index contributed by atoms with van der Waals surface area (Å²) in [6.45, 7) is 0. The van der Waals surface area contributed by atoms with E-state index < -0.39 is 0 Å². The Bertz CT molecular complexity index is 577. The highest BCUT2D eigenvalue weighted by atomic mass is 16.3. The molecule has 2 nitrogen and oxygen atoms in total. The van der Waals surface area contributed by atoms with Crippen LogP contribution in [0.15, 0.2) is 23.3 Å². The fourth-order valence-corrected chi connectivity index (χ4v) is 7.01. The maximum atomic E-state index is 10.7. The molecule has 4 aliphatic rings. The summed E-state index contributed by atoms with van der Waals surface area (Å²) in [7, 11) is 0. The molecule has 0 spiro atoms. The molecule has 2 N–H and O–H groups in total. The van der Waals surface area contributed by atoms with Gasteiger partial charge in [-0.2, -0.15) is 0 Å². The Balaban J connectivity index is 1.09. The molecule has 3 saturated carbocycles. The molecule has 0 heterocycles. The quantitative estimate of drug-likeness (QED) is 0.422. The molecular formula is C27H44O2. The Kier molecular flexibility index (Phi) is 7.92. The second kappa shape index (κ2) is 10.6. The first-order valence-electron chi connectivity index (χ1n) is 13.0. The van der Waals surface area contributed by atoms with Crippen molar-refractivity contribution in [3.63, 3.8) is 0 Å². The first-order valence-corrected chi connectivity index (χ1v) is 13.0. The lowest BCUT2D eigenvalue weighted by Gasteiger charge is -2.40. The van der Waals surface area contributed by atoms with Crippen molar-refractivity contribution in [1.29, 1.82) is 0 Å². The molecule has 6 unspecified atom stereocenters. The van der Waals surface area contributed by atoms with Gasteiger partial charge < -0.3 is 10.2 Å². The molecule has 0 aliphatic heterocycles. The molecule has 4 rings (SSSR count). The van der Waals surface area contributed by atoms with Crippen molar-refractivity contribution in [2.24, 2.45) is 23.7 Å². The van der Waals surface area contributed by atoms with E-state index in [0.717, 1.165) is 56.8 Å². The maximum absolute atomic E-state index is 10.7. The monoisotopic (exact) mass is 400 g/mol. The van der Waals surface area contributed by atoms with Crippen molar-refractivity contribution in [3.8, 4) is 0 Å². The van der Waals surface area contributed by atoms with E-state index in [1.807, 2.05) is 0 Å². The summed E-state index contributed by atoms with van der Waals surface area (Å²) < 4.78 is 0. The Labute approximate surface area is 178 Å². The third-order valence-electron chi connectivity index (χ3n) is 8.77. The summed E-state index contributed by atoms with van der Waals surface area (Å²) in [4.78, 5) is 0. The van der Waals surface area contributed by atoms with Crippen LogP contribution in [0.3, 0.4) is 0 Å². The van der Waals surface area contributed by atoms with Gasteiger partial charge in [0.15, 0.2) is 0 Å². The van der Waals surface area contributed by atoms with Gasteiger partial charge in [0.1, 0.15) is 0 Å². The zero-order chi connectivity index (χ0) is 20.1. The minimum absolute atomic E-state index is 0.100. The van der Waals surface area contributed by atoms with Gasteiger partial charge >= 0.3 is 0 Å². The van der Waals surface area contributed by atoms with Gasteiger partial charge in [-0.1, -0.05) is 50.7 Å². The molecule has 0 bridgehead atoms. The zero-order valence-electron chi connectivity index (χ0n) is 18.5. The lowest BCUT2D eigenvalue weighted by molar-refractivity contribution is 0.0291. The smallest absolute Gasteiger partial charge is 0.0568 e. The standard InChI is InChI=1S/C27H44O2/c28-25(18-17-22-10-5-9-21-11-6-13-26(21)22)12-3-4-14-27(29)24-16-15-20-7-1-2-8-23(20)19-24/h11,13,20,22-25,27-29H,1-10,12,14-19H2. The third-order valence-corrected chi connectivity index (χ3v) is 8.77. The van der Waals surface area contributed by atoms with Crippen LogP contribution in [0.5, 0.6) is 0 Å². The Morgan fingerprint density at radius 3 is 2.55 bits per heavy atom. The number of rotatable bonds is 9. The largest absolute Gasteiger partial charge is 0.393 e. The Morgan fingerprint density at radius 1 is 0.828 bits per heavy atom. The highest BCUT2D eigenvalue weighted by molar-refractivity contribution is 5.40. The molecule has 0 radical (unpaired) electrons. The number of allylic oxidation sites excluding steroid dienone is 4. The fourth-order valence-electron chi connectivity index (χ4n) is 7.01. The summed E-state index contributed by atoms with van der Waals surface area (Å²) in [6.07, 6.45) is 25.3. The van der Waals surface area contributed by atoms with Crippen LogP contribution in [-0.2, 0) is 0 Å². The van der Waals surface area contributed by atoms with E-state index in [1.165, 1.54) is 64.2 Å². The van der Waals surface area contributed by atoms with Crippen LogP contribution in [-0.4, -0.2) is 22.4 Å². The average Bonchev–Trinajstić information content (AvgIpc) is 3.24. The van der Waals surface area contributed by atoms with Gasteiger partial charge in [-0.15, -0.1) is 0 Å². The van der Waals surface area contributed by atoms with Crippen LogP contribution in [0.1, 0.15) is 109 Å². The van der Waals surface area contributed by atoms with Crippen molar-refractivity contribution in [3.05, 3.63) is 23.3 Å². The highest BCUT2D eigenvalue weighted by Gasteiger charge is 2.34. The number of hydrogen-bond acceptors (Lipinski definition) is 2. The van der Waals surface area contributed by atoms with E-state index in [4.69, 9.17) is 0 Å². The van der Waals surface area contributed by atoms with Gasteiger partial charge in [-0.05, 0) is 105 Å². The normalized spacial score (nSPS) is 34.0. The van der Waals surface area contributed by atoms with Crippen molar-refractivity contribution in [2.45, 2.75) is 121 Å². The second-order valence-corrected chi connectivity index (χ2v) is 10.7. The average molecular weight is 401 g/mol. The zero-order valence-corrected chi connectivity index (χ0v) is 18.5. The van der Waals surface area contributed by atoms with Crippen molar-refractivity contribution in [2.75, 3.05) is 0 Å². The molecule has 0 saturated heterocycles. The van der Waals surface area contributed by atoms with Gasteiger partial charge in [-0.25, -0.2) is 0 Å². The van der Waals surface area contributed by atoms with Crippen molar-refractivity contribution in [1.82, 2.24) is 0 Å². The van der Waals surface area contributed by atoms with Gasteiger partial charge in [0, 0.05) is 0 Å². The first kappa shape index (κ1) is 21.6. The predicted octanol–water partition coefficient (Wildman–Crippen LogP) is 6.71. The minimum atomic E-state index is -0.152. The predicted molar refractivity (Wildman–Crippen MR) is 121 cm³/mol. The Hall–Kier alpha value is -0.600. The Morgan fingerprint density at radius 2 is 1.66 bits per heavy atom. The molecule has 29 heavy (non-hydrogen) atoms. The van der Waals surface area contributed by atoms with Gasteiger partial charge in [0.05, 0.1) is 12.2 Å².